The van der Waals surface area contributed by atoms with E-state index >= 15 is 0 Å². The van der Waals surface area contributed by atoms with Gasteiger partial charge in [-0.1, -0.05) is 0 Å². The third-order valence-corrected chi connectivity index (χ3v) is 5.29. The molecule has 2 aliphatic rings. The molecule has 0 spiro atoms. The van der Waals surface area contributed by atoms with Crippen LogP contribution in [0.1, 0.15) is 18.4 Å². The molecule has 0 unspecified atom stereocenters. The van der Waals surface area contributed by atoms with Gasteiger partial charge in [0.1, 0.15) is 18.1 Å². The smallest absolute Gasteiger partial charge is 0.307 e. The minimum absolute atomic E-state index is 0.308. The predicted molar refractivity (Wildman–Crippen MR) is 101 cm³/mol. The zero-order valence-electron chi connectivity index (χ0n) is 15.8. The molecule has 1 fully saturated rings. The first-order valence-corrected chi connectivity index (χ1v) is 9.08. The third kappa shape index (κ3) is 4.37. The molecule has 6 heteroatoms. The fraction of sp³-hybridized carbons (Fsp3) is 0.550. The molecular weight excluding hydrogens is 332 g/mol. The molecule has 0 aliphatic carbocycles. The summed E-state index contributed by atoms with van der Waals surface area (Å²) >= 11 is 0. The van der Waals surface area contributed by atoms with Crippen LogP contribution in [0.4, 0.5) is 0 Å². The van der Waals surface area contributed by atoms with Crippen molar-refractivity contribution in [1.82, 2.24) is 9.80 Å². The SMILES string of the molecule is COc1ccc2c(c1)C=C(CN1C[C@@H](C(=O)O)CC[C@@H](N(C)C)C1)CO2. The standard InChI is InChI=1S/C20H28N2O4/c1-21(2)17-5-4-15(20(23)24)11-22(12-17)10-14-8-16-9-18(25-3)6-7-19(16)26-13-14/h6-9,15,17H,4-5,10-13H2,1-3H3,(H,23,24)/t15-,17+/m0/s1. The van der Waals surface area contributed by atoms with E-state index in [0.717, 1.165) is 48.6 Å². The van der Waals surface area contributed by atoms with Crippen molar-refractivity contribution < 1.29 is 19.4 Å². The summed E-state index contributed by atoms with van der Waals surface area (Å²) in [6, 6.07) is 6.16. The Kier molecular flexibility index (Phi) is 5.84. The molecular formula is C20H28N2O4. The normalized spacial score (nSPS) is 23.6. The van der Waals surface area contributed by atoms with E-state index in [1.807, 2.05) is 18.2 Å². The van der Waals surface area contributed by atoms with Crippen molar-refractivity contribution in [3.63, 3.8) is 0 Å². The molecule has 2 aliphatic heterocycles. The first kappa shape index (κ1) is 18.7. The van der Waals surface area contributed by atoms with E-state index in [0.29, 0.717) is 19.2 Å². The van der Waals surface area contributed by atoms with Crippen LogP contribution in [-0.2, 0) is 4.79 Å². The van der Waals surface area contributed by atoms with Crippen molar-refractivity contribution in [2.75, 3.05) is 47.4 Å². The van der Waals surface area contributed by atoms with Crippen LogP contribution in [0, 0.1) is 5.92 Å². The summed E-state index contributed by atoms with van der Waals surface area (Å²) in [5.74, 6) is 0.661. The van der Waals surface area contributed by atoms with Crippen molar-refractivity contribution in [2.45, 2.75) is 18.9 Å². The Morgan fingerprint density at radius 1 is 1.35 bits per heavy atom. The van der Waals surface area contributed by atoms with Crippen LogP contribution in [0.5, 0.6) is 11.5 Å². The number of fused-ring (bicyclic) bond motifs is 1. The first-order valence-electron chi connectivity index (χ1n) is 9.08. The molecule has 0 radical (unpaired) electrons. The Morgan fingerprint density at radius 2 is 2.15 bits per heavy atom. The van der Waals surface area contributed by atoms with Gasteiger partial charge in [0.2, 0.25) is 0 Å². The van der Waals surface area contributed by atoms with Crippen LogP contribution < -0.4 is 9.47 Å². The number of ether oxygens (including phenoxy) is 2. The Labute approximate surface area is 155 Å². The summed E-state index contributed by atoms with van der Waals surface area (Å²) in [6.07, 6.45) is 3.78. The zero-order valence-corrected chi connectivity index (χ0v) is 15.8. The van der Waals surface area contributed by atoms with Gasteiger partial charge in [0.25, 0.3) is 0 Å². The van der Waals surface area contributed by atoms with Crippen molar-refractivity contribution in [3.05, 3.63) is 29.3 Å². The summed E-state index contributed by atoms with van der Waals surface area (Å²) in [5, 5.41) is 9.51. The molecule has 2 atom stereocenters. The molecule has 1 aromatic rings. The van der Waals surface area contributed by atoms with Gasteiger partial charge in [-0.05, 0) is 56.8 Å². The van der Waals surface area contributed by atoms with Crippen molar-refractivity contribution >= 4 is 12.0 Å². The highest BCUT2D eigenvalue weighted by molar-refractivity contribution is 5.70. The van der Waals surface area contributed by atoms with Gasteiger partial charge in [-0.25, -0.2) is 0 Å². The van der Waals surface area contributed by atoms with Gasteiger partial charge in [0.05, 0.1) is 13.0 Å². The number of carbonyl (C=O) groups is 1. The second kappa shape index (κ2) is 8.10. The van der Waals surface area contributed by atoms with Crippen LogP contribution in [0.3, 0.4) is 0 Å². The highest BCUT2D eigenvalue weighted by Gasteiger charge is 2.29. The predicted octanol–water partition coefficient (Wildman–Crippen LogP) is 2.20. The minimum Gasteiger partial charge on any atom is -0.497 e. The number of likely N-dealkylation sites (tertiary alicyclic amines) is 1. The number of rotatable bonds is 5. The van der Waals surface area contributed by atoms with Gasteiger partial charge in [-0.15, -0.1) is 0 Å². The maximum atomic E-state index is 11.6. The molecule has 142 valence electrons. The second-order valence-electron chi connectivity index (χ2n) is 7.42. The first-order chi connectivity index (χ1) is 12.5. The van der Waals surface area contributed by atoms with E-state index in [4.69, 9.17) is 9.47 Å². The monoisotopic (exact) mass is 360 g/mol. The molecule has 0 bridgehead atoms. The zero-order chi connectivity index (χ0) is 18.7. The highest BCUT2D eigenvalue weighted by Crippen LogP contribution is 2.30. The molecule has 0 aromatic heterocycles. The van der Waals surface area contributed by atoms with Crippen LogP contribution in [0.2, 0.25) is 0 Å². The van der Waals surface area contributed by atoms with Gasteiger partial charge in [0, 0.05) is 31.2 Å². The van der Waals surface area contributed by atoms with Gasteiger partial charge >= 0.3 is 5.97 Å². The molecule has 26 heavy (non-hydrogen) atoms. The number of carboxylic acid groups (broad SMARTS) is 1. The average Bonchev–Trinajstić information content (AvgIpc) is 2.84. The summed E-state index contributed by atoms with van der Waals surface area (Å²) < 4.78 is 11.2. The van der Waals surface area contributed by atoms with Crippen molar-refractivity contribution in [2.24, 2.45) is 5.92 Å². The number of likely N-dealkylation sites (N-methyl/N-ethyl adjacent to an activating group) is 1. The van der Waals surface area contributed by atoms with Crippen LogP contribution in [0.15, 0.2) is 23.8 Å². The summed E-state index contributed by atoms with van der Waals surface area (Å²) in [5.41, 5.74) is 2.17. The topological polar surface area (TPSA) is 62.2 Å². The lowest BCUT2D eigenvalue weighted by atomic mass is 10.0. The fourth-order valence-electron chi connectivity index (χ4n) is 3.72. The Morgan fingerprint density at radius 3 is 2.85 bits per heavy atom. The molecule has 0 saturated carbocycles. The number of benzene rings is 1. The second-order valence-corrected chi connectivity index (χ2v) is 7.42. The Bertz CT molecular complexity index is 686. The van der Waals surface area contributed by atoms with E-state index in [1.165, 1.54) is 0 Å². The summed E-state index contributed by atoms with van der Waals surface area (Å²) in [7, 11) is 5.78. The van der Waals surface area contributed by atoms with Gasteiger partial charge in [-0.3, -0.25) is 9.69 Å². The number of carboxylic acids is 1. The molecule has 0 amide bonds. The molecule has 3 rings (SSSR count). The molecule has 6 nitrogen and oxygen atoms in total. The lowest BCUT2D eigenvalue weighted by molar-refractivity contribution is -0.142. The highest BCUT2D eigenvalue weighted by atomic mass is 16.5. The van der Waals surface area contributed by atoms with E-state index in [2.05, 4.69) is 30.0 Å². The van der Waals surface area contributed by atoms with E-state index in [1.54, 1.807) is 7.11 Å². The largest absolute Gasteiger partial charge is 0.497 e. The minimum atomic E-state index is -0.696. The number of methoxy groups -OCH3 is 1. The number of hydrogen-bond acceptors (Lipinski definition) is 5. The number of nitrogens with zero attached hydrogens (tertiary/aromatic N) is 2. The van der Waals surface area contributed by atoms with Crippen LogP contribution in [-0.4, -0.2) is 74.4 Å². The van der Waals surface area contributed by atoms with Gasteiger partial charge < -0.3 is 19.5 Å². The van der Waals surface area contributed by atoms with E-state index in [9.17, 15) is 9.90 Å². The number of hydrogen-bond donors (Lipinski definition) is 1. The molecule has 1 aromatic carbocycles. The van der Waals surface area contributed by atoms with Gasteiger partial charge in [-0.2, -0.15) is 0 Å². The molecule has 2 heterocycles. The average molecular weight is 360 g/mol. The summed E-state index contributed by atoms with van der Waals surface area (Å²) in [6.45, 7) is 2.73. The third-order valence-electron chi connectivity index (χ3n) is 5.29. The van der Waals surface area contributed by atoms with Crippen molar-refractivity contribution in [1.29, 1.82) is 0 Å². The Hall–Kier alpha value is -2.05. The quantitative estimate of drug-likeness (QED) is 0.869. The fourth-order valence-corrected chi connectivity index (χ4v) is 3.72. The summed E-state index contributed by atoms with van der Waals surface area (Å²) in [4.78, 5) is 16.0. The lowest BCUT2D eigenvalue weighted by Crippen LogP contribution is -2.41. The number of aliphatic carboxylic acids is 1. The van der Waals surface area contributed by atoms with Crippen LogP contribution >= 0.6 is 0 Å². The van der Waals surface area contributed by atoms with E-state index in [-0.39, 0.29) is 5.92 Å². The molecule has 1 N–H and O–H groups in total. The maximum Gasteiger partial charge on any atom is 0.307 e. The van der Waals surface area contributed by atoms with Crippen LogP contribution in [0.25, 0.3) is 6.08 Å². The molecule has 1 saturated heterocycles. The van der Waals surface area contributed by atoms with Crippen molar-refractivity contribution in [3.8, 4) is 11.5 Å². The lowest BCUT2D eigenvalue weighted by Gasteiger charge is -2.30. The Balaban J connectivity index is 1.76. The van der Waals surface area contributed by atoms with E-state index < -0.39 is 5.97 Å². The maximum absolute atomic E-state index is 11.6. The van der Waals surface area contributed by atoms with Gasteiger partial charge in [0.15, 0.2) is 0 Å².